The Morgan fingerprint density at radius 2 is 1.85 bits per heavy atom. The Kier molecular flexibility index (Phi) is 7.93. The van der Waals surface area contributed by atoms with E-state index in [1.807, 2.05) is 53.0 Å². The molecule has 1 aromatic heterocycles. The second kappa shape index (κ2) is 11.3. The van der Waals surface area contributed by atoms with Gasteiger partial charge in [-0.25, -0.2) is 4.68 Å². The van der Waals surface area contributed by atoms with Gasteiger partial charge < -0.3 is 10.1 Å². The fourth-order valence-electron chi connectivity index (χ4n) is 3.51. The van der Waals surface area contributed by atoms with Gasteiger partial charge in [0.15, 0.2) is 0 Å². The zero-order valence-corrected chi connectivity index (χ0v) is 20.7. The lowest BCUT2D eigenvalue weighted by Gasteiger charge is -2.08. The van der Waals surface area contributed by atoms with Gasteiger partial charge in [0, 0.05) is 34.3 Å². The van der Waals surface area contributed by atoms with Crippen LogP contribution < -0.4 is 10.1 Å². The average molecular weight is 492 g/mol. The van der Waals surface area contributed by atoms with Crippen molar-refractivity contribution in [1.82, 2.24) is 15.1 Å². The number of para-hydroxylation sites is 1. The number of carbonyl (C=O) groups excluding carboxylic acids is 1. The first-order valence-electron chi connectivity index (χ1n) is 11.1. The van der Waals surface area contributed by atoms with Gasteiger partial charge in [-0.15, -0.1) is 11.8 Å². The van der Waals surface area contributed by atoms with Crippen LogP contribution >= 0.6 is 23.4 Å². The zero-order valence-electron chi connectivity index (χ0n) is 19.1. The Bertz CT molecular complexity index is 1260. The summed E-state index contributed by atoms with van der Waals surface area (Å²) in [6, 6.07) is 23.3. The highest BCUT2D eigenvalue weighted by Crippen LogP contribution is 2.28. The van der Waals surface area contributed by atoms with E-state index in [9.17, 15) is 4.79 Å². The number of aromatic nitrogens is 2. The van der Waals surface area contributed by atoms with E-state index < -0.39 is 0 Å². The number of halogens is 1. The van der Waals surface area contributed by atoms with Gasteiger partial charge in [0.1, 0.15) is 5.75 Å². The minimum atomic E-state index is -0.214. The Hall–Kier alpha value is -3.22. The Balaban J connectivity index is 1.59. The van der Waals surface area contributed by atoms with Crippen LogP contribution in [0.2, 0.25) is 5.02 Å². The number of nitrogens with zero attached hydrogens (tertiary/aromatic N) is 2. The standard InChI is InChI=1S/C27H26ClN3O2S/c1-3-15-34-23-12-9-19(10-13-23)26-21(18-31(30-26)22-7-5-4-6-8-22)17-29-27(32)20-11-14-25(33-2)24(28)16-20/h4-14,16,18H,3,15,17H2,1-2H3,(H,29,32). The maximum atomic E-state index is 12.8. The number of hydrogen-bond donors (Lipinski definition) is 1. The smallest absolute Gasteiger partial charge is 0.251 e. The molecule has 0 spiro atoms. The van der Waals surface area contributed by atoms with Gasteiger partial charge in [-0.2, -0.15) is 5.10 Å². The lowest BCUT2D eigenvalue weighted by molar-refractivity contribution is 0.0951. The second-order valence-electron chi connectivity index (χ2n) is 7.69. The van der Waals surface area contributed by atoms with Crippen molar-refractivity contribution in [3.63, 3.8) is 0 Å². The van der Waals surface area contributed by atoms with E-state index in [1.54, 1.807) is 25.3 Å². The first-order valence-corrected chi connectivity index (χ1v) is 12.4. The minimum Gasteiger partial charge on any atom is -0.495 e. The van der Waals surface area contributed by atoms with Gasteiger partial charge in [0.2, 0.25) is 0 Å². The number of ether oxygens (including phenoxy) is 1. The van der Waals surface area contributed by atoms with Crippen molar-refractivity contribution in [2.75, 3.05) is 12.9 Å². The summed E-state index contributed by atoms with van der Waals surface area (Å²) in [7, 11) is 1.54. The number of nitrogens with one attached hydrogen (secondary N) is 1. The van der Waals surface area contributed by atoms with Gasteiger partial charge in [0.25, 0.3) is 5.91 Å². The predicted octanol–water partition coefficient (Wildman–Crippen LogP) is 6.63. The van der Waals surface area contributed by atoms with Gasteiger partial charge >= 0.3 is 0 Å². The highest BCUT2D eigenvalue weighted by Gasteiger charge is 2.15. The molecule has 5 nitrogen and oxygen atoms in total. The third-order valence-corrected chi connectivity index (χ3v) is 6.78. The number of hydrogen-bond acceptors (Lipinski definition) is 4. The number of benzene rings is 3. The Morgan fingerprint density at radius 1 is 1.09 bits per heavy atom. The molecule has 4 aromatic rings. The van der Waals surface area contributed by atoms with Crippen molar-refractivity contribution in [2.24, 2.45) is 0 Å². The molecule has 0 bridgehead atoms. The molecule has 174 valence electrons. The molecular formula is C27H26ClN3O2S. The van der Waals surface area contributed by atoms with Crippen molar-refractivity contribution in [3.8, 4) is 22.7 Å². The molecule has 0 atom stereocenters. The number of carbonyl (C=O) groups is 1. The predicted molar refractivity (Wildman–Crippen MR) is 139 cm³/mol. The van der Waals surface area contributed by atoms with E-state index in [-0.39, 0.29) is 5.91 Å². The first-order chi connectivity index (χ1) is 16.6. The number of methoxy groups -OCH3 is 1. The SMILES string of the molecule is CCCSc1ccc(-c2nn(-c3ccccc3)cc2CNC(=O)c2ccc(OC)c(Cl)c2)cc1. The van der Waals surface area contributed by atoms with Gasteiger partial charge in [-0.1, -0.05) is 48.9 Å². The van der Waals surface area contributed by atoms with E-state index in [2.05, 4.69) is 36.5 Å². The van der Waals surface area contributed by atoms with Crippen molar-refractivity contribution in [1.29, 1.82) is 0 Å². The number of amides is 1. The van der Waals surface area contributed by atoms with Crippen molar-refractivity contribution >= 4 is 29.3 Å². The zero-order chi connectivity index (χ0) is 23.9. The Labute approximate surface area is 209 Å². The van der Waals surface area contributed by atoms with Crippen LogP contribution in [0.4, 0.5) is 0 Å². The molecule has 1 amide bonds. The molecule has 0 saturated heterocycles. The molecule has 0 aliphatic heterocycles. The molecule has 1 heterocycles. The van der Waals surface area contributed by atoms with Crippen molar-refractivity contribution < 1.29 is 9.53 Å². The molecule has 34 heavy (non-hydrogen) atoms. The number of rotatable bonds is 9. The number of thioether (sulfide) groups is 1. The van der Waals surface area contributed by atoms with Crippen LogP contribution in [0, 0.1) is 0 Å². The molecule has 1 N–H and O–H groups in total. The third-order valence-electron chi connectivity index (χ3n) is 5.26. The molecule has 0 aliphatic rings. The van der Waals surface area contributed by atoms with Crippen LogP contribution in [-0.4, -0.2) is 28.6 Å². The molecule has 4 rings (SSSR count). The van der Waals surface area contributed by atoms with E-state index in [0.29, 0.717) is 22.9 Å². The maximum Gasteiger partial charge on any atom is 0.251 e. The molecule has 7 heteroatoms. The molecular weight excluding hydrogens is 466 g/mol. The summed E-state index contributed by atoms with van der Waals surface area (Å²) >= 11 is 8.04. The fraction of sp³-hybridized carbons (Fsp3) is 0.185. The fourth-order valence-corrected chi connectivity index (χ4v) is 4.54. The molecule has 0 fully saturated rings. The van der Waals surface area contributed by atoms with Gasteiger partial charge in [-0.3, -0.25) is 4.79 Å². The topological polar surface area (TPSA) is 56.2 Å². The largest absolute Gasteiger partial charge is 0.495 e. The van der Waals surface area contributed by atoms with E-state index in [4.69, 9.17) is 21.4 Å². The van der Waals surface area contributed by atoms with E-state index in [1.165, 1.54) is 4.90 Å². The Morgan fingerprint density at radius 3 is 2.53 bits per heavy atom. The monoisotopic (exact) mass is 491 g/mol. The van der Waals surface area contributed by atoms with Gasteiger partial charge in [-0.05, 0) is 54.6 Å². The summed E-state index contributed by atoms with van der Waals surface area (Å²) in [4.78, 5) is 14.0. The minimum absolute atomic E-state index is 0.214. The highest BCUT2D eigenvalue weighted by atomic mass is 35.5. The lowest BCUT2D eigenvalue weighted by atomic mass is 10.1. The van der Waals surface area contributed by atoms with Crippen LogP contribution in [0.5, 0.6) is 5.75 Å². The van der Waals surface area contributed by atoms with Gasteiger partial charge in [0.05, 0.1) is 23.5 Å². The van der Waals surface area contributed by atoms with Crippen LogP contribution in [0.3, 0.4) is 0 Å². The normalized spacial score (nSPS) is 10.8. The summed E-state index contributed by atoms with van der Waals surface area (Å²) in [5, 5.41) is 8.25. The summed E-state index contributed by atoms with van der Waals surface area (Å²) < 4.78 is 7.02. The molecule has 3 aromatic carbocycles. The molecule has 0 unspecified atom stereocenters. The van der Waals surface area contributed by atoms with Crippen molar-refractivity contribution in [2.45, 2.75) is 24.8 Å². The first kappa shape index (κ1) is 23.9. The average Bonchev–Trinajstić information content (AvgIpc) is 3.31. The van der Waals surface area contributed by atoms with Crippen LogP contribution in [0.15, 0.2) is 83.9 Å². The highest BCUT2D eigenvalue weighted by molar-refractivity contribution is 7.99. The third kappa shape index (κ3) is 5.64. The summed E-state index contributed by atoms with van der Waals surface area (Å²) in [6.07, 6.45) is 3.10. The second-order valence-corrected chi connectivity index (χ2v) is 9.26. The lowest BCUT2D eigenvalue weighted by Crippen LogP contribution is -2.22. The van der Waals surface area contributed by atoms with Crippen LogP contribution in [-0.2, 0) is 6.54 Å². The molecule has 0 radical (unpaired) electrons. The van der Waals surface area contributed by atoms with Crippen LogP contribution in [0.25, 0.3) is 16.9 Å². The van der Waals surface area contributed by atoms with Crippen molar-refractivity contribution in [3.05, 3.63) is 95.1 Å². The molecule has 0 aliphatic carbocycles. The maximum absolute atomic E-state index is 12.8. The summed E-state index contributed by atoms with van der Waals surface area (Å²) in [5.74, 6) is 1.41. The quantitative estimate of drug-likeness (QED) is 0.267. The molecule has 0 saturated carbocycles. The van der Waals surface area contributed by atoms with E-state index >= 15 is 0 Å². The summed E-state index contributed by atoms with van der Waals surface area (Å²) in [6.45, 7) is 2.51. The van der Waals surface area contributed by atoms with Crippen LogP contribution in [0.1, 0.15) is 29.3 Å². The summed E-state index contributed by atoms with van der Waals surface area (Å²) in [5.41, 5.74) is 4.19. The van der Waals surface area contributed by atoms with E-state index in [0.717, 1.165) is 34.7 Å².